The molecular formula is C13H16O. The first kappa shape index (κ1) is 10.7. The van der Waals surface area contributed by atoms with Gasteiger partial charge in [-0.05, 0) is 37.5 Å². The Morgan fingerprint density at radius 1 is 1.36 bits per heavy atom. The van der Waals surface area contributed by atoms with E-state index in [0.29, 0.717) is 0 Å². The molecule has 0 saturated carbocycles. The number of carbonyl (C=O) groups excluding carboxylic acids is 1. The second-order valence-electron chi connectivity index (χ2n) is 3.56. The molecule has 0 saturated heterocycles. The van der Waals surface area contributed by atoms with Crippen LogP contribution in [0.2, 0.25) is 0 Å². The van der Waals surface area contributed by atoms with Crippen LogP contribution in [-0.2, 0) is 6.42 Å². The van der Waals surface area contributed by atoms with Crippen LogP contribution in [0.5, 0.6) is 0 Å². The summed E-state index contributed by atoms with van der Waals surface area (Å²) in [5.74, 6) is 0.130. The maximum Gasteiger partial charge on any atom is 0.160 e. The number of hydrogen-bond donors (Lipinski definition) is 0. The van der Waals surface area contributed by atoms with E-state index in [4.69, 9.17) is 0 Å². The normalized spacial score (nSPS) is 9.93. The smallest absolute Gasteiger partial charge is 0.160 e. The van der Waals surface area contributed by atoms with Crippen LogP contribution >= 0.6 is 0 Å². The lowest BCUT2D eigenvalue weighted by Crippen LogP contribution is -1.99. The molecule has 0 aliphatic rings. The Morgan fingerprint density at radius 2 is 2.00 bits per heavy atom. The molecule has 0 aliphatic heterocycles. The maximum atomic E-state index is 11.4. The van der Waals surface area contributed by atoms with Crippen LogP contribution < -0.4 is 0 Å². The molecule has 0 atom stereocenters. The van der Waals surface area contributed by atoms with Crippen molar-refractivity contribution in [2.45, 2.75) is 27.2 Å². The van der Waals surface area contributed by atoms with Crippen LogP contribution in [0.25, 0.3) is 5.57 Å². The van der Waals surface area contributed by atoms with E-state index < -0.39 is 0 Å². The van der Waals surface area contributed by atoms with Gasteiger partial charge in [-0.3, -0.25) is 4.79 Å². The van der Waals surface area contributed by atoms with E-state index in [0.717, 1.165) is 28.7 Å². The van der Waals surface area contributed by atoms with Gasteiger partial charge in [0.05, 0.1) is 0 Å². The third-order valence-corrected chi connectivity index (χ3v) is 2.36. The fourth-order valence-electron chi connectivity index (χ4n) is 1.48. The fourth-order valence-corrected chi connectivity index (χ4v) is 1.48. The summed E-state index contributed by atoms with van der Waals surface area (Å²) < 4.78 is 0. The molecule has 1 aromatic carbocycles. The maximum absolute atomic E-state index is 11.4. The Kier molecular flexibility index (Phi) is 3.23. The first-order chi connectivity index (χ1) is 6.56. The van der Waals surface area contributed by atoms with Gasteiger partial charge in [0.25, 0.3) is 0 Å². The summed E-state index contributed by atoms with van der Waals surface area (Å²) in [5, 5.41) is 0. The van der Waals surface area contributed by atoms with Crippen molar-refractivity contribution in [3.63, 3.8) is 0 Å². The van der Waals surface area contributed by atoms with Crippen LogP contribution in [0.15, 0.2) is 24.8 Å². The summed E-state index contributed by atoms with van der Waals surface area (Å²) in [6, 6.07) is 5.97. The first-order valence-electron chi connectivity index (χ1n) is 4.86. The number of carbonyl (C=O) groups is 1. The van der Waals surface area contributed by atoms with E-state index in [1.807, 2.05) is 25.1 Å². The molecule has 0 spiro atoms. The van der Waals surface area contributed by atoms with Crippen molar-refractivity contribution in [1.82, 2.24) is 0 Å². The molecule has 0 aromatic heterocycles. The number of hydrogen-bond acceptors (Lipinski definition) is 1. The minimum absolute atomic E-state index is 0.130. The summed E-state index contributed by atoms with van der Waals surface area (Å²) >= 11 is 0. The van der Waals surface area contributed by atoms with E-state index in [9.17, 15) is 4.79 Å². The average Bonchev–Trinajstić information content (AvgIpc) is 2.16. The highest BCUT2D eigenvalue weighted by Gasteiger charge is 2.06. The molecule has 74 valence electrons. The molecular weight excluding hydrogens is 172 g/mol. The highest BCUT2D eigenvalue weighted by atomic mass is 16.1. The Morgan fingerprint density at radius 3 is 2.43 bits per heavy atom. The Hall–Kier alpha value is -1.37. The van der Waals surface area contributed by atoms with Gasteiger partial charge in [0.2, 0.25) is 0 Å². The van der Waals surface area contributed by atoms with Gasteiger partial charge in [-0.1, -0.05) is 31.2 Å². The zero-order valence-electron chi connectivity index (χ0n) is 9.05. The van der Waals surface area contributed by atoms with Gasteiger partial charge >= 0.3 is 0 Å². The summed E-state index contributed by atoms with van der Waals surface area (Å²) in [5.41, 5.74) is 3.98. The molecule has 0 N–H and O–H groups in total. The van der Waals surface area contributed by atoms with Crippen molar-refractivity contribution in [2.24, 2.45) is 0 Å². The minimum Gasteiger partial charge on any atom is -0.295 e. The Bertz CT molecular complexity index is 375. The summed E-state index contributed by atoms with van der Waals surface area (Å²) in [7, 11) is 0. The zero-order chi connectivity index (χ0) is 10.7. The van der Waals surface area contributed by atoms with Gasteiger partial charge in [-0.2, -0.15) is 0 Å². The third-order valence-electron chi connectivity index (χ3n) is 2.36. The molecule has 0 unspecified atom stereocenters. The molecule has 0 amide bonds. The van der Waals surface area contributed by atoms with Crippen LogP contribution in [0.1, 0.15) is 42.3 Å². The van der Waals surface area contributed by atoms with E-state index in [-0.39, 0.29) is 5.78 Å². The molecule has 1 heteroatoms. The van der Waals surface area contributed by atoms with Crippen molar-refractivity contribution in [3.05, 3.63) is 41.5 Å². The van der Waals surface area contributed by atoms with Crippen LogP contribution in [-0.4, -0.2) is 5.78 Å². The topological polar surface area (TPSA) is 17.1 Å². The van der Waals surface area contributed by atoms with Crippen molar-refractivity contribution in [3.8, 4) is 0 Å². The minimum atomic E-state index is 0.130. The lowest BCUT2D eigenvalue weighted by molar-refractivity contribution is 0.101. The standard InChI is InChI=1S/C13H16O/c1-5-11-6-7-12(9(2)3)8-13(11)10(4)14/h6-8H,2,5H2,1,3-4H3. The predicted octanol–water partition coefficient (Wildman–Crippen LogP) is 3.48. The van der Waals surface area contributed by atoms with Gasteiger partial charge < -0.3 is 0 Å². The summed E-state index contributed by atoms with van der Waals surface area (Å²) in [6.45, 7) is 9.48. The number of ketones is 1. The molecule has 1 nitrogen and oxygen atoms in total. The fraction of sp³-hybridized carbons (Fsp3) is 0.308. The monoisotopic (exact) mass is 188 g/mol. The van der Waals surface area contributed by atoms with Crippen molar-refractivity contribution >= 4 is 11.4 Å². The van der Waals surface area contributed by atoms with Gasteiger partial charge in [0.1, 0.15) is 0 Å². The van der Waals surface area contributed by atoms with Gasteiger partial charge in [0.15, 0.2) is 5.78 Å². The van der Waals surface area contributed by atoms with Crippen molar-refractivity contribution in [2.75, 3.05) is 0 Å². The second-order valence-corrected chi connectivity index (χ2v) is 3.56. The molecule has 0 heterocycles. The van der Waals surface area contributed by atoms with E-state index >= 15 is 0 Å². The predicted molar refractivity (Wildman–Crippen MR) is 60.5 cm³/mol. The van der Waals surface area contributed by atoms with Crippen LogP contribution in [0.3, 0.4) is 0 Å². The van der Waals surface area contributed by atoms with Gasteiger partial charge in [0, 0.05) is 5.56 Å². The number of rotatable bonds is 3. The van der Waals surface area contributed by atoms with Gasteiger partial charge in [-0.25, -0.2) is 0 Å². The average molecular weight is 188 g/mol. The second kappa shape index (κ2) is 4.23. The van der Waals surface area contributed by atoms with Gasteiger partial charge in [-0.15, -0.1) is 0 Å². The molecule has 1 aromatic rings. The lowest BCUT2D eigenvalue weighted by atomic mass is 9.97. The SMILES string of the molecule is C=C(C)c1ccc(CC)c(C(C)=O)c1. The van der Waals surface area contributed by atoms with E-state index in [1.165, 1.54) is 0 Å². The highest BCUT2D eigenvalue weighted by Crippen LogP contribution is 2.18. The molecule has 1 rings (SSSR count). The lowest BCUT2D eigenvalue weighted by Gasteiger charge is -2.07. The molecule has 0 bridgehead atoms. The van der Waals surface area contributed by atoms with Crippen LogP contribution in [0.4, 0.5) is 0 Å². The molecule has 0 aliphatic carbocycles. The first-order valence-corrected chi connectivity index (χ1v) is 4.86. The summed E-state index contributed by atoms with van der Waals surface area (Å²) in [4.78, 5) is 11.4. The number of benzene rings is 1. The molecule has 0 radical (unpaired) electrons. The molecule has 14 heavy (non-hydrogen) atoms. The number of allylic oxidation sites excluding steroid dienone is 1. The largest absolute Gasteiger partial charge is 0.295 e. The van der Waals surface area contributed by atoms with Crippen LogP contribution in [0, 0.1) is 0 Å². The van der Waals surface area contributed by atoms with Crippen molar-refractivity contribution < 1.29 is 4.79 Å². The quantitative estimate of drug-likeness (QED) is 0.664. The Balaban J connectivity index is 3.27. The third kappa shape index (κ3) is 2.11. The number of aryl methyl sites for hydroxylation is 1. The molecule has 0 fully saturated rings. The van der Waals surface area contributed by atoms with Crippen molar-refractivity contribution in [1.29, 1.82) is 0 Å². The Labute approximate surface area is 85.5 Å². The van der Waals surface area contributed by atoms with E-state index in [2.05, 4.69) is 13.5 Å². The van der Waals surface area contributed by atoms with E-state index in [1.54, 1.807) is 6.92 Å². The zero-order valence-corrected chi connectivity index (χ0v) is 9.05. The summed E-state index contributed by atoms with van der Waals surface area (Å²) in [6.07, 6.45) is 0.894. The number of Topliss-reactive ketones (excluding diaryl/α,β-unsaturated/α-hetero) is 1. The highest BCUT2D eigenvalue weighted by molar-refractivity contribution is 5.96.